The second-order valence-corrected chi connectivity index (χ2v) is 4.49. The zero-order valence-corrected chi connectivity index (χ0v) is 10.7. The fourth-order valence-corrected chi connectivity index (χ4v) is 2.16. The average Bonchev–Trinajstić information content (AvgIpc) is 2.48. The summed E-state index contributed by atoms with van der Waals surface area (Å²) < 4.78 is 0. The van der Waals surface area contributed by atoms with Crippen LogP contribution in [0, 0.1) is 11.3 Å². The van der Waals surface area contributed by atoms with E-state index in [9.17, 15) is 4.79 Å². The molecule has 1 aliphatic rings. The third kappa shape index (κ3) is 3.44. The minimum atomic E-state index is -0.160. The van der Waals surface area contributed by atoms with E-state index in [0.29, 0.717) is 12.1 Å². The van der Waals surface area contributed by atoms with Crippen LogP contribution in [0.5, 0.6) is 0 Å². The summed E-state index contributed by atoms with van der Waals surface area (Å²) in [7, 11) is 0. The van der Waals surface area contributed by atoms with E-state index in [2.05, 4.69) is 21.3 Å². The van der Waals surface area contributed by atoms with Crippen LogP contribution in [-0.2, 0) is 4.79 Å². The molecular formula is C13H17N5O. The molecule has 3 N–H and O–H groups in total. The summed E-state index contributed by atoms with van der Waals surface area (Å²) in [6.45, 7) is 3.73. The Morgan fingerprint density at radius 2 is 1.89 bits per heavy atom. The highest BCUT2D eigenvalue weighted by atomic mass is 16.2. The van der Waals surface area contributed by atoms with Gasteiger partial charge in [-0.1, -0.05) is 0 Å². The standard InChI is InChI=1S/C13H17N5O/c14-9-11-1-3-12(4-2-11)18-7-5-17(6-8-18)10-13(19)16-15/h1-4H,5-8,10,15H2,(H,16,19). The molecule has 0 atom stereocenters. The van der Waals surface area contributed by atoms with Crippen LogP contribution in [0.1, 0.15) is 5.56 Å². The predicted octanol–water partition coefficient (Wildman–Crippen LogP) is -0.330. The zero-order valence-electron chi connectivity index (χ0n) is 10.7. The van der Waals surface area contributed by atoms with Crippen LogP contribution in [-0.4, -0.2) is 43.5 Å². The van der Waals surface area contributed by atoms with Crippen molar-refractivity contribution in [1.82, 2.24) is 10.3 Å². The Morgan fingerprint density at radius 1 is 1.26 bits per heavy atom. The number of hydrazine groups is 1. The molecule has 1 heterocycles. The van der Waals surface area contributed by atoms with Gasteiger partial charge in [-0.15, -0.1) is 0 Å². The van der Waals surface area contributed by atoms with Gasteiger partial charge in [-0.05, 0) is 24.3 Å². The number of hydrogen-bond acceptors (Lipinski definition) is 5. The third-order valence-electron chi connectivity index (χ3n) is 3.26. The largest absolute Gasteiger partial charge is 0.369 e. The van der Waals surface area contributed by atoms with Gasteiger partial charge < -0.3 is 4.90 Å². The topological polar surface area (TPSA) is 85.4 Å². The molecule has 0 aliphatic carbocycles. The van der Waals surface area contributed by atoms with Gasteiger partial charge in [0.05, 0.1) is 18.2 Å². The molecule has 19 heavy (non-hydrogen) atoms. The van der Waals surface area contributed by atoms with Crippen molar-refractivity contribution in [2.24, 2.45) is 5.84 Å². The van der Waals surface area contributed by atoms with E-state index in [-0.39, 0.29) is 5.91 Å². The Bertz CT molecular complexity index is 471. The number of carbonyl (C=O) groups excluding carboxylic acids is 1. The zero-order chi connectivity index (χ0) is 13.7. The summed E-state index contributed by atoms with van der Waals surface area (Å²) >= 11 is 0. The van der Waals surface area contributed by atoms with Crippen molar-refractivity contribution in [3.8, 4) is 6.07 Å². The van der Waals surface area contributed by atoms with Crippen molar-refractivity contribution in [2.75, 3.05) is 37.6 Å². The first-order valence-electron chi connectivity index (χ1n) is 6.20. The number of nitrogens with zero attached hydrogens (tertiary/aromatic N) is 3. The lowest BCUT2D eigenvalue weighted by atomic mass is 10.2. The molecule has 6 nitrogen and oxygen atoms in total. The Hall–Kier alpha value is -2.10. The highest BCUT2D eigenvalue weighted by Crippen LogP contribution is 2.16. The smallest absolute Gasteiger partial charge is 0.248 e. The van der Waals surface area contributed by atoms with E-state index in [1.165, 1.54) is 0 Å². The van der Waals surface area contributed by atoms with Crippen molar-refractivity contribution < 1.29 is 4.79 Å². The van der Waals surface area contributed by atoms with Crippen LogP contribution < -0.4 is 16.2 Å². The summed E-state index contributed by atoms with van der Waals surface area (Å²) in [5.74, 6) is 4.91. The number of nitrogens with one attached hydrogen (secondary N) is 1. The molecule has 0 aromatic heterocycles. The van der Waals surface area contributed by atoms with Gasteiger partial charge in [-0.25, -0.2) is 5.84 Å². The summed E-state index contributed by atoms with van der Waals surface area (Å²) in [5.41, 5.74) is 3.92. The maximum absolute atomic E-state index is 11.2. The molecule has 0 bridgehead atoms. The van der Waals surface area contributed by atoms with Crippen molar-refractivity contribution in [2.45, 2.75) is 0 Å². The summed E-state index contributed by atoms with van der Waals surface area (Å²) in [5, 5.41) is 8.76. The van der Waals surface area contributed by atoms with Gasteiger partial charge in [0.1, 0.15) is 0 Å². The SMILES string of the molecule is N#Cc1ccc(N2CCN(CC(=O)NN)CC2)cc1. The molecule has 1 aliphatic heterocycles. The maximum Gasteiger partial charge on any atom is 0.248 e. The molecule has 1 fully saturated rings. The minimum absolute atomic E-state index is 0.160. The van der Waals surface area contributed by atoms with Crippen molar-refractivity contribution in [3.63, 3.8) is 0 Å². The Balaban J connectivity index is 1.89. The van der Waals surface area contributed by atoms with E-state index in [1.807, 2.05) is 24.3 Å². The molecule has 0 saturated carbocycles. The normalized spacial score (nSPS) is 15.9. The lowest BCUT2D eigenvalue weighted by Gasteiger charge is -2.35. The Kier molecular flexibility index (Phi) is 4.34. The van der Waals surface area contributed by atoms with E-state index < -0.39 is 0 Å². The van der Waals surface area contributed by atoms with Crippen LogP contribution >= 0.6 is 0 Å². The molecule has 1 aromatic carbocycles. The van der Waals surface area contributed by atoms with Gasteiger partial charge in [0.25, 0.3) is 0 Å². The second kappa shape index (κ2) is 6.18. The van der Waals surface area contributed by atoms with Crippen LogP contribution in [0.25, 0.3) is 0 Å². The van der Waals surface area contributed by atoms with Crippen LogP contribution in [0.15, 0.2) is 24.3 Å². The minimum Gasteiger partial charge on any atom is -0.369 e. The molecule has 0 spiro atoms. The molecule has 6 heteroatoms. The molecule has 1 saturated heterocycles. The first-order chi connectivity index (χ1) is 9.22. The van der Waals surface area contributed by atoms with Crippen LogP contribution in [0.2, 0.25) is 0 Å². The van der Waals surface area contributed by atoms with Crippen LogP contribution in [0.3, 0.4) is 0 Å². The Labute approximate surface area is 112 Å². The van der Waals surface area contributed by atoms with E-state index in [1.54, 1.807) is 0 Å². The van der Waals surface area contributed by atoms with E-state index in [0.717, 1.165) is 31.9 Å². The van der Waals surface area contributed by atoms with Crippen molar-refractivity contribution in [1.29, 1.82) is 5.26 Å². The van der Waals surface area contributed by atoms with E-state index >= 15 is 0 Å². The first kappa shape index (κ1) is 13.3. The fraction of sp³-hybridized carbons (Fsp3) is 0.385. The number of hydrogen-bond donors (Lipinski definition) is 2. The second-order valence-electron chi connectivity index (χ2n) is 4.49. The summed E-state index contributed by atoms with van der Waals surface area (Å²) in [4.78, 5) is 15.5. The number of carbonyl (C=O) groups is 1. The molecule has 100 valence electrons. The monoisotopic (exact) mass is 259 g/mol. The highest BCUT2D eigenvalue weighted by Gasteiger charge is 2.18. The molecule has 1 aromatic rings. The van der Waals surface area contributed by atoms with Gasteiger partial charge in [0, 0.05) is 31.9 Å². The number of anilines is 1. The number of amides is 1. The van der Waals surface area contributed by atoms with Gasteiger partial charge in [0.2, 0.25) is 5.91 Å². The number of nitriles is 1. The van der Waals surface area contributed by atoms with Gasteiger partial charge >= 0.3 is 0 Å². The summed E-state index contributed by atoms with van der Waals surface area (Å²) in [6.07, 6.45) is 0. The highest BCUT2D eigenvalue weighted by molar-refractivity contribution is 5.77. The molecule has 1 amide bonds. The van der Waals surface area contributed by atoms with Gasteiger partial charge in [-0.3, -0.25) is 15.1 Å². The number of piperazine rings is 1. The Morgan fingerprint density at radius 3 is 2.42 bits per heavy atom. The van der Waals surface area contributed by atoms with Gasteiger partial charge in [-0.2, -0.15) is 5.26 Å². The lowest BCUT2D eigenvalue weighted by Crippen LogP contribution is -2.50. The average molecular weight is 259 g/mol. The third-order valence-corrected chi connectivity index (χ3v) is 3.26. The van der Waals surface area contributed by atoms with Crippen LogP contribution in [0.4, 0.5) is 5.69 Å². The maximum atomic E-state index is 11.2. The number of nitrogens with two attached hydrogens (primary N) is 1. The predicted molar refractivity (Wildman–Crippen MR) is 72.1 cm³/mol. The van der Waals surface area contributed by atoms with E-state index in [4.69, 9.17) is 11.1 Å². The molecule has 0 radical (unpaired) electrons. The first-order valence-corrected chi connectivity index (χ1v) is 6.20. The number of rotatable bonds is 3. The van der Waals surface area contributed by atoms with Crippen molar-refractivity contribution >= 4 is 11.6 Å². The quantitative estimate of drug-likeness (QED) is 0.441. The van der Waals surface area contributed by atoms with Gasteiger partial charge in [0.15, 0.2) is 0 Å². The fourth-order valence-electron chi connectivity index (χ4n) is 2.16. The molecule has 0 unspecified atom stereocenters. The molecular weight excluding hydrogens is 242 g/mol. The lowest BCUT2D eigenvalue weighted by molar-refractivity contribution is -0.122. The number of benzene rings is 1. The van der Waals surface area contributed by atoms with Crippen molar-refractivity contribution in [3.05, 3.63) is 29.8 Å². The summed E-state index contributed by atoms with van der Waals surface area (Å²) in [6, 6.07) is 9.67. The molecule has 2 rings (SSSR count).